The van der Waals surface area contributed by atoms with E-state index < -0.39 is 10.0 Å². The summed E-state index contributed by atoms with van der Waals surface area (Å²) in [6.07, 6.45) is 12.2. The van der Waals surface area contributed by atoms with Crippen LogP contribution in [0.2, 0.25) is 10.0 Å². The minimum absolute atomic E-state index is 0.0592. The van der Waals surface area contributed by atoms with Gasteiger partial charge in [-0.15, -0.1) is 0 Å². The van der Waals surface area contributed by atoms with Crippen molar-refractivity contribution in [1.82, 2.24) is 4.90 Å². The third-order valence-corrected chi connectivity index (χ3v) is 7.64. The van der Waals surface area contributed by atoms with Gasteiger partial charge in [-0.2, -0.15) is 0 Å². The number of halogens is 2. The number of benzene rings is 2. The molecule has 0 saturated heterocycles. The molecule has 8 heteroatoms. The van der Waals surface area contributed by atoms with E-state index in [2.05, 4.69) is 11.6 Å². The standard InChI is InChI=1S/C26H36Cl2N2O3S/c1-3-4-5-6-7-8-9-10-11-12-19-30(2)26(31)24-20-22(28)15-18-25(24)29-34(32,33)23-16-13-21(27)14-17-23/h13-18,20,29H,3-12,19H2,1-2H3. The number of carbonyl (C=O) groups excluding carboxylic acids is 1. The first-order chi connectivity index (χ1) is 16.2. The van der Waals surface area contributed by atoms with E-state index in [4.69, 9.17) is 23.2 Å². The zero-order valence-corrected chi connectivity index (χ0v) is 22.5. The Morgan fingerprint density at radius 3 is 1.94 bits per heavy atom. The highest BCUT2D eigenvalue weighted by Crippen LogP contribution is 2.25. The Labute approximate surface area is 214 Å². The van der Waals surface area contributed by atoms with Crippen LogP contribution >= 0.6 is 23.2 Å². The molecule has 2 aromatic rings. The summed E-state index contributed by atoms with van der Waals surface area (Å²) in [7, 11) is -2.15. The van der Waals surface area contributed by atoms with E-state index in [0.717, 1.165) is 12.8 Å². The Kier molecular flexibility index (Phi) is 12.2. The molecule has 0 spiro atoms. The number of amides is 1. The molecule has 0 heterocycles. The van der Waals surface area contributed by atoms with Crippen molar-refractivity contribution in [2.75, 3.05) is 18.3 Å². The maximum Gasteiger partial charge on any atom is 0.261 e. The fourth-order valence-corrected chi connectivity index (χ4v) is 5.12. The second-order valence-corrected chi connectivity index (χ2v) is 11.2. The average Bonchev–Trinajstić information content (AvgIpc) is 2.81. The highest BCUT2D eigenvalue weighted by Gasteiger charge is 2.21. The van der Waals surface area contributed by atoms with Crippen molar-refractivity contribution in [1.29, 1.82) is 0 Å². The third-order valence-electron chi connectivity index (χ3n) is 5.77. The van der Waals surface area contributed by atoms with Crippen molar-refractivity contribution >= 4 is 44.8 Å². The molecule has 1 amide bonds. The first-order valence-corrected chi connectivity index (χ1v) is 14.3. The zero-order valence-electron chi connectivity index (χ0n) is 20.2. The van der Waals surface area contributed by atoms with Gasteiger partial charge in [-0.05, 0) is 48.9 Å². The minimum atomic E-state index is -3.88. The van der Waals surface area contributed by atoms with Gasteiger partial charge in [0.1, 0.15) is 0 Å². The van der Waals surface area contributed by atoms with Gasteiger partial charge in [0, 0.05) is 23.6 Å². The number of rotatable bonds is 15. The lowest BCUT2D eigenvalue weighted by Gasteiger charge is -2.20. The number of unbranched alkanes of at least 4 members (excludes halogenated alkanes) is 9. The summed E-state index contributed by atoms with van der Waals surface area (Å²) in [6, 6.07) is 10.4. The van der Waals surface area contributed by atoms with Gasteiger partial charge >= 0.3 is 0 Å². The number of anilines is 1. The second kappa shape index (κ2) is 14.6. The predicted molar refractivity (Wildman–Crippen MR) is 143 cm³/mol. The van der Waals surface area contributed by atoms with Crippen molar-refractivity contribution in [3.63, 3.8) is 0 Å². The largest absolute Gasteiger partial charge is 0.342 e. The number of nitrogens with zero attached hydrogens (tertiary/aromatic N) is 1. The van der Waals surface area contributed by atoms with Gasteiger partial charge in [-0.25, -0.2) is 8.42 Å². The zero-order chi connectivity index (χ0) is 25.0. The molecule has 0 atom stereocenters. The maximum atomic E-state index is 13.1. The van der Waals surface area contributed by atoms with Crippen LogP contribution < -0.4 is 4.72 Å². The summed E-state index contributed by atoms with van der Waals surface area (Å²) in [4.78, 5) is 14.8. The fraction of sp³-hybridized carbons (Fsp3) is 0.500. The molecule has 0 aliphatic carbocycles. The van der Waals surface area contributed by atoms with Gasteiger partial charge in [0.2, 0.25) is 0 Å². The van der Waals surface area contributed by atoms with E-state index in [0.29, 0.717) is 16.6 Å². The molecule has 0 aliphatic rings. The minimum Gasteiger partial charge on any atom is -0.342 e. The molecule has 5 nitrogen and oxygen atoms in total. The first-order valence-electron chi connectivity index (χ1n) is 12.1. The van der Waals surface area contributed by atoms with Crippen LogP contribution in [0, 0.1) is 0 Å². The van der Waals surface area contributed by atoms with Gasteiger partial charge < -0.3 is 4.90 Å². The topological polar surface area (TPSA) is 66.5 Å². The number of hydrogen-bond donors (Lipinski definition) is 1. The van der Waals surface area contributed by atoms with E-state index in [1.54, 1.807) is 18.0 Å². The monoisotopic (exact) mass is 526 g/mol. The van der Waals surface area contributed by atoms with E-state index in [9.17, 15) is 13.2 Å². The summed E-state index contributed by atoms with van der Waals surface area (Å²) in [5, 5.41) is 0.806. The SMILES string of the molecule is CCCCCCCCCCCCN(C)C(=O)c1cc(Cl)ccc1NS(=O)(=O)c1ccc(Cl)cc1. The maximum absolute atomic E-state index is 13.1. The fourth-order valence-electron chi connectivity index (χ4n) is 3.74. The predicted octanol–water partition coefficient (Wildman–Crippen LogP) is 7.79. The lowest BCUT2D eigenvalue weighted by molar-refractivity contribution is 0.0793. The van der Waals surface area contributed by atoms with Gasteiger partial charge in [0.05, 0.1) is 16.1 Å². The molecular formula is C26H36Cl2N2O3S. The van der Waals surface area contributed by atoms with Gasteiger partial charge in [-0.3, -0.25) is 9.52 Å². The molecule has 0 radical (unpaired) electrons. The molecule has 2 aromatic carbocycles. The van der Waals surface area contributed by atoms with Crippen LogP contribution in [-0.4, -0.2) is 32.8 Å². The Balaban J connectivity index is 1.90. The molecule has 0 aliphatic heterocycles. The first kappa shape index (κ1) is 28.5. The number of sulfonamides is 1. The van der Waals surface area contributed by atoms with Crippen LogP contribution in [0.15, 0.2) is 47.4 Å². The highest BCUT2D eigenvalue weighted by molar-refractivity contribution is 7.92. The van der Waals surface area contributed by atoms with Crippen LogP contribution in [0.1, 0.15) is 81.5 Å². The van der Waals surface area contributed by atoms with E-state index in [1.165, 1.54) is 87.8 Å². The molecule has 0 unspecified atom stereocenters. The van der Waals surface area contributed by atoms with Gasteiger partial charge in [0.15, 0.2) is 0 Å². The summed E-state index contributed by atoms with van der Waals surface area (Å²) in [6.45, 7) is 2.83. The molecule has 2 rings (SSSR count). The number of carbonyl (C=O) groups is 1. The van der Waals surface area contributed by atoms with Crippen molar-refractivity contribution in [2.24, 2.45) is 0 Å². The summed E-state index contributed by atoms with van der Waals surface area (Å²) < 4.78 is 28.1. The molecule has 1 N–H and O–H groups in total. The summed E-state index contributed by atoms with van der Waals surface area (Å²) >= 11 is 12.0. The number of nitrogens with one attached hydrogen (secondary N) is 1. The van der Waals surface area contributed by atoms with Crippen LogP contribution in [-0.2, 0) is 10.0 Å². The van der Waals surface area contributed by atoms with Crippen LogP contribution in [0.3, 0.4) is 0 Å². The Morgan fingerprint density at radius 2 is 1.35 bits per heavy atom. The lowest BCUT2D eigenvalue weighted by Crippen LogP contribution is -2.29. The molecule has 34 heavy (non-hydrogen) atoms. The molecule has 0 bridgehead atoms. The summed E-state index contributed by atoms with van der Waals surface area (Å²) in [5.41, 5.74) is 0.416. The Bertz CT molecular complexity index is 1010. The van der Waals surface area contributed by atoms with E-state index in [-0.39, 0.29) is 22.1 Å². The van der Waals surface area contributed by atoms with Crippen LogP contribution in [0.5, 0.6) is 0 Å². The quantitative estimate of drug-likeness (QED) is 0.241. The lowest BCUT2D eigenvalue weighted by atomic mass is 10.1. The Morgan fingerprint density at radius 1 is 0.824 bits per heavy atom. The molecule has 0 fully saturated rings. The van der Waals surface area contributed by atoms with E-state index in [1.807, 2.05) is 0 Å². The molecule has 188 valence electrons. The Hall–Kier alpha value is -1.76. The van der Waals surface area contributed by atoms with Crippen molar-refractivity contribution in [2.45, 2.75) is 76.0 Å². The normalized spacial score (nSPS) is 11.4. The highest BCUT2D eigenvalue weighted by atomic mass is 35.5. The molecule has 0 saturated carbocycles. The molecule has 0 aromatic heterocycles. The van der Waals surface area contributed by atoms with Crippen molar-refractivity contribution in [3.05, 3.63) is 58.1 Å². The van der Waals surface area contributed by atoms with Crippen molar-refractivity contribution < 1.29 is 13.2 Å². The van der Waals surface area contributed by atoms with Gasteiger partial charge in [-0.1, -0.05) is 87.9 Å². The second-order valence-electron chi connectivity index (χ2n) is 8.66. The van der Waals surface area contributed by atoms with Gasteiger partial charge in [0.25, 0.3) is 15.9 Å². The third kappa shape index (κ3) is 9.47. The number of hydrogen-bond acceptors (Lipinski definition) is 3. The van der Waals surface area contributed by atoms with Crippen LogP contribution in [0.4, 0.5) is 5.69 Å². The summed E-state index contributed by atoms with van der Waals surface area (Å²) in [5.74, 6) is -0.271. The van der Waals surface area contributed by atoms with Crippen LogP contribution in [0.25, 0.3) is 0 Å². The molecular weight excluding hydrogens is 491 g/mol. The smallest absolute Gasteiger partial charge is 0.261 e. The van der Waals surface area contributed by atoms with Crippen molar-refractivity contribution in [3.8, 4) is 0 Å². The van der Waals surface area contributed by atoms with E-state index >= 15 is 0 Å². The average molecular weight is 528 g/mol.